The van der Waals surface area contributed by atoms with Gasteiger partial charge in [0.15, 0.2) is 17.5 Å². The van der Waals surface area contributed by atoms with Crippen LogP contribution in [0.1, 0.15) is 25.7 Å². The maximum atomic E-state index is 13.0. The van der Waals surface area contributed by atoms with E-state index in [1.165, 1.54) is 0 Å². The minimum absolute atomic E-state index is 0. The molecule has 2 rings (SSSR count). The number of amides is 1. The Kier molecular flexibility index (Phi) is 6.98. The van der Waals surface area contributed by atoms with Crippen molar-refractivity contribution in [1.82, 2.24) is 5.32 Å². The normalized spacial score (nSPS) is 15.4. The molecule has 1 saturated heterocycles. The number of hydrogen-bond donors (Lipinski definition) is 2. The molecule has 1 fully saturated rings. The van der Waals surface area contributed by atoms with E-state index in [0.717, 1.165) is 44.5 Å². The molecule has 3 nitrogen and oxygen atoms in total. The van der Waals surface area contributed by atoms with Crippen LogP contribution in [0.5, 0.6) is 0 Å². The largest absolute Gasteiger partial charge is 0.326 e. The number of hydrogen-bond acceptors (Lipinski definition) is 2. The van der Waals surface area contributed by atoms with Gasteiger partial charge >= 0.3 is 0 Å². The van der Waals surface area contributed by atoms with Crippen molar-refractivity contribution >= 4 is 24.0 Å². The lowest BCUT2D eigenvalue weighted by molar-refractivity contribution is -0.116. The number of piperidine rings is 1. The number of nitrogens with one attached hydrogen (secondary N) is 2. The zero-order valence-corrected chi connectivity index (χ0v) is 12.2. The Labute approximate surface area is 127 Å². The van der Waals surface area contributed by atoms with Gasteiger partial charge in [-0.1, -0.05) is 0 Å². The van der Waals surface area contributed by atoms with Crippen LogP contribution in [0.4, 0.5) is 18.9 Å². The SMILES string of the molecule is Cl.O=C(CCC1CCNCC1)Nc1cc(F)c(F)c(F)c1. The van der Waals surface area contributed by atoms with Crippen molar-refractivity contribution in [3.63, 3.8) is 0 Å². The van der Waals surface area contributed by atoms with Crippen LogP contribution in [-0.4, -0.2) is 19.0 Å². The highest BCUT2D eigenvalue weighted by molar-refractivity contribution is 5.90. The molecular formula is C14H18ClF3N2O. The number of carbonyl (C=O) groups is 1. The van der Waals surface area contributed by atoms with Crippen molar-refractivity contribution in [2.45, 2.75) is 25.7 Å². The molecule has 1 heterocycles. The van der Waals surface area contributed by atoms with Crippen molar-refractivity contribution in [2.75, 3.05) is 18.4 Å². The Hall–Kier alpha value is -1.27. The second-order valence-electron chi connectivity index (χ2n) is 5.03. The molecule has 1 aliphatic heterocycles. The third kappa shape index (κ3) is 5.21. The van der Waals surface area contributed by atoms with E-state index in [0.29, 0.717) is 12.3 Å². The fourth-order valence-electron chi connectivity index (χ4n) is 2.36. The van der Waals surface area contributed by atoms with Crippen LogP contribution in [-0.2, 0) is 4.79 Å². The van der Waals surface area contributed by atoms with Gasteiger partial charge in [0.25, 0.3) is 0 Å². The molecule has 1 aromatic rings. The van der Waals surface area contributed by atoms with Gasteiger partial charge in [-0.2, -0.15) is 0 Å². The van der Waals surface area contributed by atoms with Crippen LogP contribution in [0.25, 0.3) is 0 Å². The molecule has 0 radical (unpaired) electrons. The quantitative estimate of drug-likeness (QED) is 0.836. The molecule has 2 N–H and O–H groups in total. The van der Waals surface area contributed by atoms with Gasteiger partial charge in [-0.05, 0) is 38.3 Å². The molecule has 0 saturated carbocycles. The fourth-order valence-corrected chi connectivity index (χ4v) is 2.36. The first-order chi connectivity index (χ1) is 9.56. The number of rotatable bonds is 4. The number of anilines is 1. The summed E-state index contributed by atoms with van der Waals surface area (Å²) in [5.74, 6) is -3.95. The summed E-state index contributed by atoms with van der Waals surface area (Å²) in [5, 5.41) is 5.63. The van der Waals surface area contributed by atoms with Gasteiger partial charge in [0.1, 0.15) is 0 Å². The van der Waals surface area contributed by atoms with E-state index in [1.807, 2.05) is 0 Å². The van der Waals surface area contributed by atoms with E-state index < -0.39 is 17.5 Å². The summed E-state index contributed by atoms with van der Waals surface area (Å²) >= 11 is 0. The second kappa shape index (κ2) is 8.24. The molecule has 0 aromatic heterocycles. The van der Waals surface area contributed by atoms with Crippen molar-refractivity contribution in [1.29, 1.82) is 0 Å². The minimum atomic E-state index is -1.53. The lowest BCUT2D eigenvalue weighted by atomic mass is 9.93. The van der Waals surface area contributed by atoms with E-state index in [2.05, 4.69) is 10.6 Å². The average Bonchev–Trinajstić information content (AvgIpc) is 2.43. The topological polar surface area (TPSA) is 41.1 Å². The Morgan fingerprint density at radius 2 is 1.76 bits per heavy atom. The van der Waals surface area contributed by atoms with Crippen LogP contribution < -0.4 is 10.6 Å². The van der Waals surface area contributed by atoms with E-state index in [4.69, 9.17) is 0 Å². The summed E-state index contributed by atoms with van der Waals surface area (Å²) in [4.78, 5) is 11.7. The lowest BCUT2D eigenvalue weighted by Crippen LogP contribution is -2.28. The molecule has 0 bridgehead atoms. The van der Waals surface area contributed by atoms with Gasteiger partial charge in [0, 0.05) is 24.2 Å². The first-order valence-electron chi connectivity index (χ1n) is 6.71. The van der Waals surface area contributed by atoms with Gasteiger partial charge in [-0.15, -0.1) is 12.4 Å². The zero-order chi connectivity index (χ0) is 14.5. The van der Waals surface area contributed by atoms with E-state index >= 15 is 0 Å². The summed E-state index contributed by atoms with van der Waals surface area (Å²) in [5.41, 5.74) is -0.0586. The van der Waals surface area contributed by atoms with E-state index in [1.54, 1.807) is 0 Å². The molecule has 21 heavy (non-hydrogen) atoms. The van der Waals surface area contributed by atoms with Gasteiger partial charge in [0.05, 0.1) is 0 Å². The summed E-state index contributed by atoms with van der Waals surface area (Å²) in [6, 6.07) is 1.56. The Balaban J connectivity index is 0.00000220. The maximum absolute atomic E-state index is 13.0. The molecule has 0 aliphatic carbocycles. The zero-order valence-electron chi connectivity index (χ0n) is 11.4. The highest BCUT2D eigenvalue weighted by atomic mass is 35.5. The first kappa shape index (κ1) is 17.8. The summed E-state index contributed by atoms with van der Waals surface area (Å²) in [6.07, 6.45) is 3.12. The van der Waals surface area contributed by atoms with Crippen LogP contribution in [0.15, 0.2) is 12.1 Å². The predicted molar refractivity (Wildman–Crippen MR) is 77.0 cm³/mol. The molecule has 0 spiro atoms. The van der Waals surface area contributed by atoms with Gasteiger partial charge < -0.3 is 10.6 Å². The molecule has 0 unspecified atom stereocenters. The highest BCUT2D eigenvalue weighted by Crippen LogP contribution is 2.20. The molecule has 1 amide bonds. The minimum Gasteiger partial charge on any atom is -0.326 e. The molecular weight excluding hydrogens is 305 g/mol. The predicted octanol–water partition coefficient (Wildman–Crippen LogP) is 3.24. The van der Waals surface area contributed by atoms with Crippen LogP contribution >= 0.6 is 12.4 Å². The van der Waals surface area contributed by atoms with Gasteiger partial charge in [-0.3, -0.25) is 4.79 Å². The van der Waals surface area contributed by atoms with Crippen LogP contribution in [0, 0.1) is 23.4 Å². The van der Waals surface area contributed by atoms with Gasteiger partial charge in [0.2, 0.25) is 5.91 Å². The monoisotopic (exact) mass is 322 g/mol. The summed E-state index contributed by atoms with van der Waals surface area (Å²) in [7, 11) is 0. The Morgan fingerprint density at radius 1 is 1.19 bits per heavy atom. The molecule has 1 aromatic carbocycles. The first-order valence-corrected chi connectivity index (χ1v) is 6.71. The maximum Gasteiger partial charge on any atom is 0.224 e. The standard InChI is InChI=1S/C14H17F3N2O.ClH/c15-11-7-10(8-12(16)14(11)17)19-13(20)2-1-9-3-5-18-6-4-9;/h7-9,18H,1-6H2,(H,19,20);1H. The third-order valence-electron chi connectivity index (χ3n) is 3.51. The fraction of sp³-hybridized carbons (Fsp3) is 0.500. The average molecular weight is 323 g/mol. The Bertz CT molecular complexity index is 470. The summed E-state index contributed by atoms with van der Waals surface area (Å²) < 4.78 is 38.8. The smallest absolute Gasteiger partial charge is 0.224 e. The second-order valence-corrected chi connectivity index (χ2v) is 5.03. The number of halogens is 4. The molecule has 0 atom stereocenters. The van der Waals surface area contributed by atoms with Crippen molar-refractivity contribution in [2.24, 2.45) is 5.92 Å². The van der Waals surface area contributed by atoms with E-state index in [9.17, 15) is 18.0 Å². The van der Waals surface area contributed by atoms with Crippen molar-refractivity contribution in [3.05, 3.63) is 29.6 Å². The number of benzene rings is 1. The van der Waals surface area contributed by atoms with Crippen molar-refractivity contribution in [3.8, 4) is 0 Å². The lowest BCUT2D eigenvalue weighted by Gasteiger charge is -2.22. The van der Waals surface area contributed by atoms with Crippen molar-refractivity contribution < 1.29 is 18.0 Å². The van der Waals surface area contributed by atoms with Crippen LogP contribution in [0.2, 0.25) is 0 Å². The summed E-state index contributed by atoms with van der Waals surface area (Å²) in [6.45, 7) is 1.92. The Morgan fingerprint density at radius 3 is 2.33 bits per heavy atom. The molecule has 1 aliphatic rings. The molecule has 118 valence electrons. The highest BCUT2D eigenvalue weighted by Gasteiger charge is 2.16. The van der Waals surface area contributed by atoms with Gasteiger partial charge in [-0.25, -0.2) is 13.2 Å². The molecule has 7 heteroatoms. The van der Waals surface area contributed by atoms with E-state index in [-0.39, 0.29) is 24.0 Å². The third-order valence-corrected chi connectivity index (χ3v) is 3.51. The number of carbonyl (C=O) groups excluding carboxylic acids is 1. The van der Waals surface area contributed by atoms with Crippen LogP contribution in [0.3, 0.4) is 0 Å².